The number of hydrogen-bond acceptors (Lipinski definition) is 9. The van der Waals surface area contributed by atoms with Gasteiger partial charge in [-0.25, -0.2) is 0 Å². The summed E-state index contributed by atoms with van der Waals surface area (Å²) in [5, 5.41) is 49.5. The topological polar surface area (TPSA) is 181 Å². The molecule has 10 heteroatoms. The van der Waals surface area contributed by atoms with Gasteiger partial charge in [0, 0.05) is 0 Å². The van der Waals surface area contributed by atoms with Crippen molar-refractivity contribution in [2.24, 2.45) is 0 Å². The van der Waals surface area contributed by atoms with Gasteiger partial charge in [0.15, 0.2) is 0 Å². The Kier molecular flexibility index (Phi) is 36.5. The van der Waals surface area contributed by atoms with Crippen molar-refractivity contribution in [2.45, 2.75) is 24.2 Å². The van der Waals surface area contributed by atoms with Gasteiger partial charge in [0.25, 0.3) is 0 Å². The standard InChI is InChI=1S/C4H9.3C2H4O3.Sn/c1-3-4-2;3*3-1-2(4)5;/h1,3-4H2,2H3;3*3H,1H2,(H,4,5);/q;;;;+3/p-3. The number of carbonyl (C=O) groups excluding carboxylic acids is 3. The van der Waals surface area contributed by atoms with Crippen LogP contribution in [0.25, 0.3) is 0 Å². The fourth-order valence-electron chi connectivity index (χ4n) is 0.177. The van der Waals surface area contributed by atoms with Crippen molar-refractivity contribution in [1.29, 1.82) is 0 Å². The van der Waals surface area contributed by atoms with Crippen molar-refractivity contribution in [2.75, 3.05) is 19.8 Å². The summed E-state index contributed by atoms with van der Waals surface area (Å²) in [6, 6.07) is 0. The maximum absolute atomic E-state index is 9.01. The molecule has 0 atom stereocenters. The van der Waals surface area contributed by atoms with Crippen molar-refractivity contribution in [3.8, 4) is 0 Å². The largest absolute Gasteiger partial charge is 0.548 e. The zero-order valence-corrected chi connectivity index (χ0v) is 13.9. The summed E-state index contributed by atoms with van der Waals surface area (Å²) in [6.45, 7) is -0.440. The summed E-state index contributed by atoms with van der Waals surface area (Å²) in [7, 11) is 0. The fourth-order valence-corrected chi connectivity index (χ4v) is 1.19. The molecule has 0 saturated carbocycles. The number of carboxylic acid groups (broad SMARTS) is 3. The molecule has 0 aliphatic rings. The summed E-state index contributed by atoms with van der Waals surface area (Å²) in [5.41, 5.74) is 0. The molecule has 0 amide bonds. The minimum Gasteiger partial charge on any atom is -0.548 e. The Hall–Kier alpha value is -0.911. The van der Waals surface area contributed by atoms with Crippen LogP contribution in [0.1, 0.15) is 19.8 Å². The molecule has 0 heterocycles. The molecular formula is C10H18O9Sn. The smallest absolute Gasteiger partial charge is 0.0826 e. The van der Waals surface area contributed by atoms with E-state index < -0.39 is 37.7 Å². The molecule has 0 unspecified atom stereocenters. The average molecular weight is 401 g/mol. The predicted octanol–water partition coefficient (Wildman–Crippen LogP) is -5.44. The molecule has 0 rings (SSSR count). The van der Waals surface area contributed by atoms with E-state index in [1.165, 1.54) is 17.3 Å². The van der Waals surface area contributed by atoms with Crippen LogP contribution in [0, 0.1) is 0 Å². The van der Waals surface area contributed by atoms with Gasteiger partial charge in [-0.05, 0) is 0 Å². The second-order valence-electron chi connectivity index (χ2n) is 2.69. The average Bonchev–Trinajstić information content (AvgIpc) is 2.41. The third-order valence-corrected chi connectivity index (χ3v) is 1.93. The first-order valence-electron chi connectivity index (χ1n) is 5.29. The number of aliphatic hydroxyl groups excluding tert-OH is 3. The van der Waals surface area contributed by atoms with Crippen LogP contribution in [0.4, 0.5) is 0 Å². The van der Waals surface area contributed by atoms with Crippen molar-refractivity contribution in [3.05, 3.63) is 0 Å². The molecule has 0 spiro atoms. The van der Waals surface area contributed by atoms with E-state index >= 15 is 0 Å². The third kappa shape index (κ3) is 88.0. The van der Waals surface area contributed by atoms with Gasteiger partial charge in [0.05, 0.1) is 37.7 Å². The minimum atomic E-state index is -1.44. The molecular weight excluding hydrogens is 383 g/mol. The van der Waals surface area contributed by atoms with E-state index in [1.807, 2.05) is 0 Å². The first-order chi connectivity index (χ1) is 9.22. The number of carbonyl (C=O) groups is 3. The van der Waals surface area contributed by atoms with Gasteiger partial charge >= 0.3 is 46.7 Å². The van der Waals surface area contributed by atoms with Crippen molar-refractivity contribution < 1.29 is 45.0 Å². The van der Waals surface area contributed by atoms with Gasteiger partial charge in [0.1, 0.15) is 0 Å². The van der Waals surface area contributed by atoms with Gasteiger partial charge in [-0.1, -0.05) is 0 Å². The second kappa shape index (κ2) is 26.6. The SMILES string of the molecule is CCC[CH2][Sn+3].O=C([O-])CO.O=C([O-])CO.O=C([O-])CO. The van der Waals surface area contributed by atoms with Gasteiger partial charge in [-0.2, -0.15) is 0 Å². The Morgan fingerprint density at radius 3 is 1.05 bits per heavy atom. The number of aliphatic hydroxyl groups is 3. The number of hydrogen-bond donors (Lipinski definition) is 3. The maximum Gasteiger partial charge on any atom is 0.0826 e. The van der Waals surface area contributed by atoms with Crippen LogP contribution in [0.2, 0.25) is 4.44 Å². The van der Waals surface area contributed by atoms with E-state index in [0.29, 0.717) is 0 Å². The van der Waals surface area contributed by atoms with E-state index in [2.05, 4.69) is 6.92 Å². The monoisotopic (exact) mass is 402 g/mol. The second-order valence-corrected chi connectivity index (χ2v) is 4.12. The van der Waals surface area contributed by atoms with E-state index in [4.69, 9.17) is 45.0 Å². The Morgan fingerprint density at radius 2 is 1.05 bits per heavy atom. The van der Waals surface area contributed by atoms with E-state index in [1.54, 1.807) is 22.5 Å². The molecule has 116 valence electrons. The molecule has 20 heavy (non-hydrogen) atoms. The summed E-state index contributed by atoms with van der Waals surface area (Å²) in [6.07, 6.45) is 2.80. The Balaban J connectivity index is -0.0000000853. The molecule has 0 fully saturated rings. The van der Waals surface area contributed by atoms with Crippen LogP contribution >= 0.6 is 0 Å². The van der Waals surface area contributed by atoms with Crippen LogP contribution in [-0.4, -0.2) is 75.6 Å². The summed E-state index contributed by atoms with van der Waals surface area (Å²) >= 11 is 1.68. The van der Waals surface area contributed by atoms with Crippen molar-refractivity contribution in [3.63, 3.8) is 0 Å². The maximum atomic E-state index is 9.01. The molecule has 9 nitrogen and oxygen atoms in total. The zero-order valence-electron chi connectivity index (χ0n) is 11.0. The first-order valence-corrected chi connectivity index (χ1v) is 7.31. The van der Waals surface area contributed by atoms with Gasteiger partial charge < -0.3 is 45.0 Å². The Bertz CT molecular complexity index is 197. The van der Waals surface area contributed by atoms with Gasteiger partial charge in [-0.15, -0.1) is 0 Å². The van der Waals surface area contributed by atoms with Gasteiger partial charge in [-0.3, -0.25) is 0 Å². The van der Waals surface area contributed by atoms with Crippen LogP contribution < -0.4 is 15.3 Å². The molecule has 0 radical (unpaired) electrons. The molecule has 0 aromatic carbocycles. The summed E-state index contributed by atoms with van der Waals surface area (Å²) < 4.78 is 1.43. The molecule has 0 aliphatic heterocycles. The molecule has 0 aliphatic carbocycles. The van der Waals surface area contributed by atoms with Crippen LogP contribution in [0.5, 0.6) is 0 Å². The molecule has 0 saturated heterocycles. The molecule has 0 aromatic rings. The third-order valence-electron chi connectivity index (χ3n) is 0.918. The number of aliphatic carboxylic acids is 3. The quantitative estimate of drug-likeness (QED) is 0.379. The van der Waals surface area contributed by atoms with Crippen LogP contribution in [0.15, 0.2) is 0 Å². The first kappa shape index (κ1) is 27.4. The number of rotatable bonds is 5. The van der Waals surface area contributed by atoms with E-state index in [9.17, 15) is 0 Å². The number of unbranched alkanes of at least 4 members (excludes halogenated alkanes) is 1. The fraction of sp³-hybridized carbons (Fsp3) is 0.700. The summed E-state index contributed by atoms with van der Waals surface area (Å²) in [5.74, 6) is -4.32. The van der Waals surface area contributed by atoms with Crippen molar-refractivity contribution in [1.82, 2.24) is 0 Å². The van der Waals surface area contributed by atoms with Crippen LogP contribution in [-0.2, 0) is 14.4 Å². The zero-order chi connectivity index (χ0) is 17.0. The Labute approximate surface area is 130 Å². The van der Waals surface area contributed by atoms with E-state index in [0.717, 1.165) is 0 Å². The normalized spacial score (nSPS) is 7.70. The molecule has 0 aromatic heterocycles. The molecule has 0 bridgehead atoms. The van der Waals surface area contributed by atoms with E-state index in [-0.39, 0.29) is 0 Å². The minimum absolute atomic E-state index is 0.889. The van der Waals surface area contributed by atoms with Gasteiger partial charge in [0.2, 0.25) is 0 Å². The van der Waals surface area contributed by atoms with Crippen molar-refractivity contribution >= 4 is 40.4 Å². The number of carboxylic acids is 3. The predicted molar refractivity (Wildman–Crippen MR) is 61.7 cm³/mol. The Morgan fingerprint density at radius 1 is 0.850 bits per heavy atom. The van der Waals surface area contributed by atoms with Crippen LogP contribution in [0.3, 0.4) is 0 Å². The summed E-state index contributed by atoms with van der Waals surface area (Å²) in [4.78, 5) is 27.0. The molecule has 3 N–H and O–H groups in total.